The van der Waals surface area contributed by atoms with Crippen LogP contribution in [0.5, 0.6) is 0 Å². The van der Waals surface area contributed by atoms with Crippen molar-refractivity contribution in [3.63, 3.8) is 0 Å². The van der Waals surface area contributed by atoms with Crippen molar-refractivity contribution in [3.05, 3.63) is 0 Å². The monoisotopic (exact) mass is 446 g/mol. The molecule has 0 bridgehead atoms. The van der Waals surface area contributed by atoms with Crippen molar-refractivity contribution in [2.24, 2.45) is 17.6 Å². The van der Waals surface area contributed by atoms with E-state index in [-0.39, 0.29) is 18.3 Å². The summed E-state index contributed by atoms with van der Waals surface area (Å²) >= 11 is 0. The van der Waals surface area contributed by atoms with Gasteiger partial charge in [0.15, 0.2) is 0 Å². The molecular formula is C20H38N4O7. The van der Waals surface area contributed by atoms with E-state index < -0.39 is 60.1 Å². The Labute approximate surface area is 183 Å². The Balaban J connectivity index is 5.49. The lowest BCUT2D eigenvalue weighted by atomic mass is 9.96. The van der Waals surface area contributed by atoms with Gasteiger partial charge < -0.3 is 37.0 Å². The molecular weight excluding hydrogens is 408 g/mol. The fraction of sp³-hybridized carbons (Fsp3) is 0.800. The number of hydrogen-bond donors (Lipinski definition) is 7. The maximum Gasteiger partial charge on any atom is 0.326 e. The van der Waals surface area contributed by atoms with Crippen LogP contribution in [0.15, 0.2) is 0 Å². The van der Waals surface area contributed by atoms with Gasteiger partial charge >= 0.3 is 5.97 Å². The fourth-order valence-corrected chi connectivity index (χ4v) is 2.77. The molecule has 0 aliphatic rings. The average Bonchev–Trinajstić information content (AvgIpc) is 2.66. The van der Waals surface area contributed by atoms with Crippen LogP contribution in [0.25, 0.3) is 0 Å². The van der Waals surface area contributed by atoms with E-state index in [1.54, 1.807) is 27.7 Å². The molecule has 0 rings (SSSR count). The van der Waals surface area contributed by atoms with Gasteiger partial charge in [0.25, 0.3) is 0 Å². The Morgan fingerprint density at radius 1 is 0.806 bits per heavy atom. The van der Waals surface area contributed by atoms with Crippen molar-refractivity contribution in [1.82, 2.24) is 16.0 Å². The van der Waals surface area contributed by atoms with Gasteiger partial charge in [0.1, 0.15) is 24.2 Å². The van der Waals surface area contributed by atoms with Crippen LogP contribution < -0.4 is 21.7 Å². The van der Waals surface area contributed by atoms with Gasteiger partial charge in [-0.15, -0.1) is 0 Å². The van der Waals surface area contributed by atoms with Crippen LogP contribution >= 0.6 is 0 Å². The highest BCUT2D eigenvalue weighted by Gasteiger charge is 2.34. The first-order valence-electron chi connectivity index (χ1n) is 10.5. The lowest BCUT2D eigenvalue weighted by Gasteiger charge is -2.29. The molecule has 0 aromatic heterocycles. The number of nitrogens with one attached hydrogen (secondary N) is 3. The summed E-state index contributed by atoms with van der Waals surface area (Å²) in [5.41, 5.74) is 5.62. The molecule has 0 radical (unpaired) electrons. The summed E-state index contributed by atoms with van der Waals surface area (Å²) < 4.78 is 0. The number of hydrogen-bond acceptors (Lipinski definition) is 7. The number of carboxylic acid groups (broad SMARTS) is 1. The van der Waals surface area contributed by atoms with Gasteiger partial charge in [-0.1, -0.05) is 34.1 Å². The van der Waals surface area contributed by atoms with Crippen LogP contribution in [0.2, 0.25) is 0 Å². The first kappa shape index (κ1) is 28.8. The van der Waals surface area contributed by atoms with Crippen molar-refractivity contribution in [2.75, 3.05) is 0 Å². The number of carboxylic acids is 1. The third-order valence-corrected chi connectivity index (χ3v) is 5.00. The standard InChI is InChI=1S/C20H38N4O7/c1-7-10(4)15(23-17(27)14(21)11(5)25)18(28)24-16(12(6)26)19(29)22-13(20(30)31)8-9(2)3/h9-16,25-26H,7-8,21H2,1-6H3,(H,22,29)(H,23,27)(H,24,28)(H,30,31). The minimum Gasteiger partial charge on any atom is -0.480 e. The summed E-state index contributed by atoms with van der Waals surface area (Å²) in [6, 6.07) is -4.94. The second kappa shape index (κ2) is 13.2. The lowest BCUT2D eigenvalue weighted by molar-refractivity contribution is -0.143. The van der Waals surface area contributed by atoms with Crippen LogP contribution in [-0.4, -0.2) is 75.4 Å². The number of carbonyl (C=O) groups is 4. The van der Waals surface area contributed by atoms with Crippen molar-refractivity contribution >= 4 is 23.7 Å². The lowest BCUT2D eigenvalue weighted by Crippen LogP contribution is -2.61. The van der Waals surface area contributed by atoms with Crippen LogP contribution in [-0.2, 0) is 19.2 Å². The topological polar surface area (TPSA) is 191 Å². The van der Waals surface area contributed by atoms with Crippen molar-refractivity contribution in [2.45, 2.75) is 90.8 Å². The zero-order chi connectivity index (χ0) is 24.5. The summed E-state index contributed by atoms with van der Waals surface area (Å²) in [6.07, 6.45) is -1.79. The third kappa shape index (κ3) is 9.62. The van der Waals surface area contributed by atoms with Crippen LogP contribution in [0.1, 0.15) is 54.4 Å². The predicted molar refractivity (Wildman–Crippen MR) is 114 cm³/mol. The normalized spacial score (nSPS) is 18.1. The van der Waals surface area contributed by atoms with Gasteiger partial charge in [0.2, 0.25) is 17.7 Å². The maximum atomic E-state index is 12.9. The molecule has 0 saturated heterocycles. The van der Waals surface area contributed by atoms with E-state index in [0.717, 1.165) is 0 Å². The number of aliphatic hydroxyl groups excluding tert-OH is 2. The third-order valence-electron chi connectivity index (χ3n) is 5.00. The predicted octanol–water partition coefficient (Wildman–Crippen LogP) is -1.29. The minimum absolute atomic E-state index is 0.0101. The zero-order valence-electron chi connectivity index (χ0n) is 19.1. The molecule has 0 aliphatic heterocycles. The summed E-state index contributed by atoms with van der Waals surface area (Å²) in [4.78, 5) is 49.1. The first-order valence-corrected chi connectivity index (χ1v) is 10.5. The molecule has 8 N–H and O–H groups in total. The minimum atomic E-state index is -1.43. The summed E-state index contributed by atoms with van der Waals surface area (Å²) in [6.45, 7) is 9.73. The second-order valence-electron chi connectivity index (χ2n) is 8.39. The highest BCUT2D eigenvalue weighted by atomic mass is 16.4. The molecule has 0 aliphatic carbocycles. The zero-order valence-corrected chi connectivity index (χ0v) is 19.1. The summed E-state index contributed by atoms with van der Waals surface area (Å²) in [5.74, 6) is -3.92. The number of carbonyl (C=O) groups excluding carboxylic acids is 3. The molecule has 3 amide bonds. The van der Waals surface area contributed by atoms with E-state index in [2.05, 4.69) is 16.0 Å². The van der Waals surface area contributed by atoms with Gasteiger partial charge in [0, 0.05) is 0 Å². The van der Waals surface area contributed by atoms with E-state index in [9.17, 15) is 34.5 Å². The summed E-state index contributed by atoms with van der Waals surface area (Å²) in [7, 11) is 0. The maximum absolute atomic E-state index is 12.9. The molecule has 0 saturated carbocycles. The van der Waals surface area contributed by atoms with E-state index in [1.807, 2.05) is 0 Å². The summed E-state index contributed by atoms with van der Waals surface area (Å²) in [5, 5.41) is 36.0. The van der Waals surface area contributed by atoms with Crippen LogP contribution in [0.3, 0.4) is 0 Å². The molecule has 11 heteroatoms. The van der Waals surface area contributed by atoms with Crippen molar-refractivity contribution in [3.8, 4) is 0 Å². The Kier molecular flexibility index (Phi) is 12.3. The number of amides is 3. The smallest absolute Gasteiger partial charge is 0.326 e. The molecule has 0 aromatic rings. The van der Waals surface area contributed by atoms with Gasteiger partial charge in [-0.05, 0) is 32.1 Å². The van der Waals surface area contributed by atoms with Gasteiger partial charge in [-0.25, -0.2) is 4.79 Å². The van der Waals surface area contributed by atoms with E-state index >= 15 is 0 Å². The molecule has 180 valence electrons. The number of aliphatic carboxylic acids is 1. The van der Waals surface area contributed by atoms with Crippen LogP contribution in [0, 0.1) is 11.8 Å². The molecule has 0 spiro atoms. The van der Waals surface area contributed by atoms with Gasteiger partial charge in [-0.3, -0.25) is 14.4 Å². The van der Waals surface area contributed by atoms with Crippen LogP contribution in [0.4, 0.5) is 0 Å². The molecule has 7 atom stereocenters. The van der Waals surface area contributed by atoms with Gasteiger partial charge in [0.05, 0.1) is 12.2 Å². The van der Waals surface area contributed by atoms with E-state index in [4.69, 9.17) is 5.73 Å². The largest absolute Gasteiger partial charge is 0.480 e. The molecule has 0 fully saturated rings. The number of rotatable bonds is 13. The Morgan fingerprint density at radius 2 is 1.29 bits per heavy atom. The molecule has 31 heavy (non-hydrogen) atoms. The van der Waals surface area contributed by atoms with E-state index in [1.165, 1.54) is 13.8 Å². The SMILES string of the molecule is CCC(C)C(NC(=O)C(N)C(C)O)C(=O)NC(C(=O)NC(CC(C)C)C(=O)O)C(C)O. The highest BCUT2D eigenvalue weighted by Crippen LogP contribution is 2.10. The molecule has 7 unspecified atom stereocenters. The molecule has 0 aromatic carbocycles. The van der Waals surface area contributed by atoms with Gasteiger partial charge in [-0.2, -0.15) is 0 Å². The molecule has 11 nitrogen and oxygen atoms in total. The fourth-order valence-electron chi connectivity index (χ4n) is 2.77. The first-order chi connectivity index (χ1) is 14.2. The van der Waals surface area contributed by atoms with Crippen molar-refractivity contribution in [1.29, 1.82) is 0 Å². The highest BCUT2D eigenvalue weighted by molar-refractivity contribution is 5.94. The Bertz CT molecular complexity index is 625. The average molecular weight is 447 g/mol. The Hall–Kier alpha value is -2.24. The quantitative estimate of drug-likeness (QED) is 0.182. The van der Waals surface area contributed by atoms with E-state index in [0.29, 0.717) is 6.42 Å². The number of nitrogens with two attached hydrogens (primary N) is 1. The number of aliphatic hydroxyl groups is 2. The Morgan fingerprint density at radius 3 is 1.68 bits per heavy atom. The van der Waals surface area contributed by atoms with Crippen molar-refractivity contribution < 1.29 is 34.5 Å². The molecule has 0 heterocycles. The second-order valence-corrected chi connectivity index (χ2v) is 8.39.